The van der Waals surface area contributed by atoms with Gasteiger partial charge in [-0.3, -0.25) is 4.90 Å². The molecular formula is C31H35N3O2S. The minimum Gasteiger partial charge on any atom is -0.454 e. The van der Waals surface area contributed by atoms with Gasteiger partial charge in [-0.1, -0.05) is 61.9 Å². The van der Waals surface area contributed by atoms with Crippen LogP contribution in [0.1, 0.15) is 36.6 Å². The molecule has 5 rings (SSSR count). The van der Waals surface area contributed by atoms with Gasteiger partial charge in [-0.2, -0.15) is 0 Å². The second-order valence-electron chi connectivity index (χ2n) is 9.44. The molecule has 0 unspecified atom stereocenters. The minimum atomic E-state index is 0.299. The first kappa shape index (κ1) is 25.4. The summed E-state index contributed by atoms with van der Waals surface area (Å²) >= 11 is 1.78. The third-order valence-corrected chi connectivity index (χ3v) is 7.55. The minimum absolute atomic E-state index is 0.299. The van der Waals surface area contributed by atoms with E-state index in [4.69, 9.17) is 14.5 Å². The van der Waals surface area contributed by atoms with Crippen LogP contribution in [0.2, 0.25) is 0 Å². The lowest BCUT2D eigenvalue weighted by atomic mass is 10.1. The average molecular weight is 514 g/mol. The molecule has 1 aliphatic rings. The highest BCUT2D eigenvalue weighted by atomic mass is 32.2. The molecule has 0 N–H and O–H groups in total. The summed E-state index contributed by atoms with van der Waals surface area (Å²) in [5, 5.41) is 0. The molecule has 37 heavy (non-hydrogen) atoms. The summed E-state index contributed by atoms with van der Waals surface area (Å²) in [6.45, 7) is 6.14. The molecule has 0 fully saturated rings. The maximum Gasteiger partial charge on any atom is 0.231 e. The van der Waals surface area contributed by atoms with Gasteiger partial charge in [0, 0.05) is 36.6 Å². The molecular weight excluding hydrogens is 478 g/mol. The maximum atomic E-state index is 5.65. The topological polar surface area (TPSA) is 39.5 Å². The van der Waals surface area contributed by atoms with Crippen LogP contribution in [0.15, 0.2) is 83.9 Å². The highest BCUT2D eigenvalue weighted by Crippen LogP contribution is 2.33. The van der Waals surface area contributed by atoms with E-state index in [1.807, 2.05) is 6.07 Å². The van der Waals surface area contributed by atoms with Crippen molar-refractivity contribution >= 4 is 11.8 Å². The summed E-state index contributed by atoms with van der Waals surface area (Å²) < 4.78 is 13.6. The largest absolute Gasteiger partial charge is 0.454 e. The molecule has 0 bridgehead atoms. The fraction of sp³-hybridized carbons (Fsp3) is 0.323. The number of rotatable bonds is 12. The molecule has 192 valence electrons. The Balaban J connectivity index is 1.39. The first-order valence-corrected chi connectivity index (χ1v) is 14.3. The Kier molecular flexibility index (Phi) is 8.49. The molecule has 2 heterocycles. The van der Waals surface area contributed by atoms with Gasteiger partial charge in [-0.25, -0.2) is 4.98 Å². The fourth-order valence-corrected chi connectivity index (χ4v) is 5.15. The van der Waals surface area contributed by atoms with Crippen LogP contribution in [0.25, 0.3) is 11.4 Å². The molecule has 1 aliphatic heterocycles. The number of nitrogens with zero attached hydrogens (tertiary/aromatic N) is 3. The zero-order valence-corrected chi connectivity index (χ0v) is 22.5. The Bertz CT molecular complexity index is 1290. The number of aromatic nitrogens is 2. The fourth-order valence-electron chi connectivity index (χ4n) is 4.74. The van der Waals surface area contributed by atoms with E-state index >= 15 is 0 Å². The third kappa shape index (κ3) is 6.38. The van der Waals surface area contributed by atoms with Crippen LogP contribution in [0.4, 0.5) is 0 Å². The van der Waals surface area contributed by atoms with Gasteiger partial charge in [-0.15, -0.1) is 11.8 Å². The number of fused-ring (bicyclic) bond motifs is 1. The molecule has 0 saturated heterocycles. The lowest BCUT2D eigenvalue weighted by molar-refractivity contribution is 0.174. The monoisotopic (exact) mass is 513 g/mol. The van der Waals surface area contributed by atoms with Crippen LogP contribution in [-0.4, -0.2) is 34.0 Å². The summed E-state index contributed by atoms with van der Waals surface area (Å²) in [5.41, 5.74) is 5.01. The summed E-state index contributed by atoms with van der Waals surface area (Å²) in [6, 6.07) is 25.8. The maximum absolute atomic E-state index is 5.65. The van der Waals surface area contributed by atoms with Crippen molar-refractivity contribution in [1.82, 2.24) is 14.5 Å². The molecule has 0 saturated carbocycles. The highest BCUT2D eigenvalue weighted by molar-refractivity contribution is 7.98. The van der Waals surface area contributed by atoms with E-state index in [0.29, 0.717) is 6.79 Å². The standard InChI is InChI=1S/C31H35N3O2S/c1-3-4-17-34-27(20-32-31(34)26-8-6-5-7-9-26)22-33(18-16-24-10-13-28(37-2)14-11-24)21-25-12-15-29-30(19-25)36-23-35-29/h5-15,19-20H,3-4,16-18,21-23H2,1-2H3. The number of hydrogen-bond acceptors (Lipinski definition) is 5. The molecule has 0 radical (unpaired) electrons. The number of ether oxygens (including phenoxy) is 2. The quantitative estimate of drug-likeness (QED) is 0.190. The van der Waals surface area contributed by atoms with E-state index in [1.54, 1.807) is 11.8 Å². The first-order valence-electron chi connectivity index (χ1n) is 13.1. The van der Waals surface area contributed by atoms with Gasteiger partial charge in [0.1, 0.15) is 5.82 Å². The Hall–Kier alpha value is -3.22. The van der Waals surface area contributed by atoms with Gasteiger partial charge in [0.05, 0.1) is 11.9 Å². The van der Waals surface area contributed by atoms with E-state index in [0.717, 1.165) is 62.8 Å². The number of imidazole rings is 1. The zero-order chi connectivity index (χ0) is 25.5. The second kappa shape index (κ2) is 12.3. The molecule has 4 aromatic rings. The third-order valence-electron chi connectivity index (χ3n) is 6.81. The number of thioether (sulfide) groups is 1. The molecule has 1 aromatic heterocycles. The van der Waals surface area contributed by atoms with Gasteiger partial charge >= 0.3 is 0 Å². The van der Waals surface area contributed by atoms with Crippen LogP contribution in [0.3, 0.4) is 0 Å². The lowest BCUT2D eigenvalue weighted by Gasteiger charge is -2.24. The molecule has 5 nitrogen and oxygen atoms in total. The zero-order valence-electron chi connectivity index (χ0n) is 21.7. The van der Waals surface area contributed by atoms with Crippen molar-refractivity contribution in [2.75, 3.05) is 19.6 Å². The predicted octanol–water partition coefficient (Wildman–Crippen LogP) is 7.05. The van der Waals surface area contributed by atoms with Crippen molar-refractivity contribution in [2.45, 2.75) is 50.7 Å². The predicted molar refractivity (Wildman–Crippen MR) is 151 cm³/mol. The summed E-state index contributed by atoms with van der Waals surface area (Å²) in [6.07, 6.45) is 7.46. The van der Waals surface area contributed by atoms with Crippen molar-refractivity contribution in [3.8, 4) is 22.9 Å². The van der Waals surface area contributed by atoms with Crippen LogP contribution < -0.4 is 9.47 Å². The highest BCUT2D eigenvalue weighted by Gasteiger charge is 2.18. The Morgan fingerprint density at radius 3 is 2.49 bits per heavy atom. The van der Waals surface area contributed by atoms with E-state index in [9.17, 15) is 0 Å². The summed E-state index contributed by atoms with van der Waals surface area (Å²) in [4.78, 5) is 8.70. The number of benzene rings is 3. The first-order chi connectivity index (χ1) is 18.2. The van der Waals surface area contributed by atoms with E-state index in [1.165, 1.54) is 27.3 Å². The number of hydrogen-bond donors (Lipinski definition) is 0. The van der Waals surface area contributed by atoms with Crippen LogP contribution in [0, 0.1) is 0 Å². The molecule has 0 amide bonds. The SMILES string of the molecule is CCCCn1c(CN(CCc2ccc(SC)cc2)Cc2ccc3c(c2)OCO3)cnc1-c1ccccc1. The van der Waals surface area contributed by atoms with Crippen LogP contribution in [0.5, 0.6) is 11.5 Å². The summed E-state index contributed by atoms with van der Waals surface area (Å²) in [5.74, 6) is 2.72. The summed E-state index contributed by atoms with van der Waals surface area (Å²) in [7, 11) is 0. The molecule has 0 aliphatic carbocycles. The van der Waals surface area contributed by atoms with E-state index in [-0.39, 0.29) is 0 Å². The van der Waals surface area contributed by atoms with Crippen molar-refractivity contribution < 1.29 is 9.47 Å². The van der Waals surface area contributed by atoms with Crippen molar-refractivity contribution in [3.05, 3.63) is 95.8 Å². The normalized spacial score (nSPS) is 12.4. The van der Waals surface area contributed by atoms with Gasteiger partial charge in [-0.05, 0) is 54.5 Å². The Morgan fingerprint density at radius 2 is 1.70 bits per heavy atom. The van der Waals surface area contributed by atoms with E-state index < -0.39 is 0 Å². The van der Waals surface area contributed by atoms with Gasteiger partial charge in [0.2, 0.25) is 6.79 Å². The lowest BCUT2D eigenvalue weighted by Crippen LogP contribution is -2.26. The Labute approximate surface area is 224 Å². The van der Waals surface area contributed by atoms with Gasteiger partial charge in [0.15, 0.2) is 11.5 Å². The number of unbranched alkanes of at least 4 members (excludes halogenated alkanes) is 1. The smallest absolute Gasteiger partial charge is 0.231 e. The Morgan fingerprint density at radius 1 is 0.919 bits per heavy atom. The molecule has 0 spiro atoms. The van der Waals surface area contributed by atoms with Crippen molar-refractivity contribution in [1.29, 1.82) is 0 Å². The molecule has 0 atom stereocenters. The molecule has 6 heteroatoms. The van der Waals surface area contributed by atoms with Crippen LogP contribution in [-0.2, 0) is 26.1 Å². The van der Waals surface area contributed by atoms with Crippen molar-refractivity contribution in [3.63, 3.8) is 0 Å². The van der Waals surface area contributed by atoms with Gasteiger partial charge in [0.25, 0.3) is 0 Å². The van der Waals surface area contributed by atoms with E-state index in [2.05, 4.69) is 95.6 Å². The van der Waals surface area contributed by atoms with Gasteiger partial charge < -0.3 is 14.0 Å². The molecule has 3 aromatic carbocycles. The average Bonchev–Trinajstić information content (AvgIpc) is 3.58. The second-order valence-corrected chi connectivity index (χ2v) is 10.3. The van der Waals surface area contributed by atoms with Crippen LogP contribution >= 0.6 is 11.8 Å². The van der Waals surface area contributed by atoms with Crippen molar-refractivity contribution in [2.24, 2.45) is 0 Å².